The number of carbonyl (C=O) groups is 1. The van der Waals surface area contributed by atoms with Gasteiger partial charge in [0.05, 0.1) is 25.4 Å². The van der Waals surface area contributed by atoms with Crippen molar-refractivity contribution < 1.29 is 14.3 Å². The summed E-state index contributed by atoms with van der Waals surface area (Å²) in [6, 6.07) is 4.15. The zero-order chi connectivity index (χ0) is 19.8. The molecule has 1 N–H and O–H groups in total. The number of nitrogens with zero attached hydrogens (tertiary/aromatic N) is 3. The molecule has 1 atom stereocenters. The summed E-state index contributed by atoms with van der Waals surface area (Å²) in [6.45, 7) is 4.22. The van der Waals surface area contributed by atoms with E-state index in [1.807, 2.05) is 6.07 Å². The van der Waals surface area contributed by atoms with Crippen LogP contribution >= 0.6 is 35.3 Å². The van der Waals surface area contributed by atoms with E-state index >= 15 is 0 Å². The summed E-state index contributed by atoms with van der Waals surface area (Å²) in [4.78, 5) is 21.6. The molecule has 0 saturated carbocycles. The van der Waals surface area contributed by atoms with E-state index in [2.05, 4.69) is 26.7 Å². The van der Waals surface area contributed by atoms with Gasteiger partial charge in [0.15, 0.2) is 5.96 Å². The molecule has 1 unspecified atom stereocenters. The van der Waals surface area contributed by atoms with E-state index in [-0.39, 0.29) is 48.6 Å². The summed E-state index contributed by atoms with van der Waals surface area (Å²) in [5.74, 6) is 0.811. The Hall–Kier alpha value is -0.910. The van der Waals surface area contributed by atoms with Crippen LogP contribution in [-0.4, -0.2) is 80.8 Å². The van der Waals surface area contributed by atoms with Crippen molar-refractivity contribution in [3.8, 4) is 0 Å². The maximum Gasteiger partial charge on any atom is 0.243 e. The van der Waals surface area contributed by atoms with Crippen LogP contribution in [-0.2, 0) is 20.8 Å². The minimum Gasteiger partial charge on any atom is -0.376 e. The zero-order valence-electron chi connectivity index (χ0n) is 17.3. The van der Waals surface area contributed by atoms with Crippen molar-refractivity contribution in [1.29, 1.82) is 0 Å². The molecule has 1 aromatic heterocycles. The summed E-state index contributed by atoms with van der Waals surface area (Å²) in [6.07, 6.45) is 4.75. The molecule has 2 aliphatic heterocycles. The van der Waals surface area contributed by atoms with Crippen LogP contribution in [0.2, 0.25) is 0 Å². The molecule has 3 heterocycles. The molecule has 9 heteroatoms. The largest absolute Gasteiger partial charge is 0.376 e. The van der Waals surface area contributed by atoms with Crippen molar-refractivity contribution in [2.75, 3.05) is 46.9 Å². The Balaban J connectivity index is 0.00000300. The summed E-state index contributed by atoms with van der Waals surface area (Å²) in [7, 11) is 3.51. The highest BCUT2D eigenvalue weighted by molar-refractivity contribution is 14.0. The van der Waals surface area contributed by atoms with Gasteiger partial charge in [-0.15, -0.1) is 35.3 Å². The monoisotopic (exact) mass is 536 g/mol. The summed E-state index contributed by atoms with van der Waals surface area (Å²) >= 11 is 1.72. The van der Waals surface area contributed by atoms with Crippen LogP contribution < -0.4 is 5.32 Å². The normalized spacial score (nSPS) is 20.4. The van der Waals surface area contributed by atoms with Gasteiger partial charge in [-0.1, -0.05) is 6.07 Å². The lowest BCUT2D eigenvalue weighted by molar-refractivity contribution is -0.127. The zero-order valence-corrected chi connectivity index (χ0v) is 20.5. The van der Waals surface area contributed by atoms with Gasteiger partial charge < -0.3 is 24.6 Å². The molecule has 0 radical (unpaired) electrons. The first-order chi connectivity index (χ1) is 13.6. The van der Waals surface area contributed by atoms with Crippen LogP contribution in [0, 0.1) is 0 Å². The number of hydrogen-bond donors (Lipinski definition) is 1. The Morgan fingerprint density at radius 2 is 2.17 bits per heavy atom. The molecule has 0 bridgehead atoms. The van der Waals surface area contributed by atoms with E-state index < -0.39 is 0 Å². The number of guanidine groups is 1. The lowest BCUT2D eigenvalue weighted by atomic mass is 10.1. The minimum atomic E-state index is 0. The average Bonchev–Trinajstić information content (AvgIpc) is 3.40. The highest BCUT2D eigenvalue weighted by Crippen LogP contribution is 2.18. The van der Waals surface area contributed by atoms with E-state index in [1.54, 1.807) is 30.3 Å². The first-order valence-corrected chi connectivity index (χ1v) is 11.0. The summed E-state index contributed by atoms with van der Waals surface area (Å²) in [5.41, 5.74) is 0. The molecule has 0 aliphatic carbocycles. The fraction of sp³-hybridized carbons (Fsp3) is 0.700. The van der Waals surface area contributed by atoms with Crippen molar-refractivity contribution in [3.63, 3.8) is 0 Å². The molecule has 164 valence electrons. The molecule has 1 amide bonds. The lowest BCUT2D eigenvalue weighted by Crippen LogP contribution is -2.47. The van der Waals surface area contributed by atoms with Gasteiger partial charge in [-0.25, -0.2) is 4.99 Å². The second kappa shape index (κ2) is 12.7. The smallest absolute Gasteiger partial charge is 0.243 e. The lowest BCUT2D eigenvalue weighted by Gasteiger charge is -2.34. The molecule has 2 aliphatic rings. The van der Waals surface area contributed by atoms with Gasteiger partial charge in [-0.2, -0.15) is 0 Å². The maximum atomic E-state index is 12.0. The number of rotatable bonds is 7. The first kappa shape index (κ1) is 24.4. The van der Waals surface area contributed by atoms with Gasteiger partial charge in [0.25, 0.3) is 0 Å². The van der Waals surface area contributed by atoms with Crippen LogP contribution in [0.1, 0.15) is 30.6 Å². The molecule has 3 rings (SSSR count). The Morgan fingerprint density at radius 3 is 2.79 bits per heavy atom. The molecular formula is C20H33IN4O3S. The number of amides is 1. The average molecular weight is 536 g/mol. The van der Waals surface area contributed by atoms with Gasteiger partial charge >= 0.3 is 0 Å². The van der Waals surface area contributed by atoms with Crippen LogP contribution in [0.5, 0.6) is 0 Å². The number of piperidine rings is 1. The molecule has 1 aromatic rings. The minimum absolute atomic E-state index is 0. The van der Waals surface area contributed by atoms with Crippen LogP contribution in [0.15, 0.2) is 22.5 Å². The molecule has 29 heavy (non-hydrogen) atoms. The highest BCUT2D eigenvalue weighted by Gasteiger charge is 2.24. The molecule has 2 saturated heterocycles. The number of halogens is 1. The predicted octanol–water partition coefficient (Wildman–Crippen LogP) is 2.56. The predicted molar refractivity (Wildman–Crippen MR) is 127 cm³/mol. The summed E-state index contributed by atoms with van der Waals surface area (Å²) < 4.78 is 11.7. The van der Waals surface area contributed by atoms with Crippen molar-refractivity contribution in [3.05, 3.63) is 22.4 Å². The fourth-order valence-electron chi connectivity index (χ4n) is 3.38. The van der Waals surface area contributed by atoms with E-state index in [4.69, 9.17) is 9.47 Å². The van der Waals surface area contributed by atoms with Gasteiger partial charge in [-0.3, -0.25) is 4.79 Å². The van der Waals surface area contributed by atoms with Gasteiger partial charge in [0, 0.05) is 38.7 Å². The quantitative estimate of drug-likeness (QED) is 0.330. The Labute approximate surface area is 194 Å². The topological polar surface area (TPSA) is 66.4 Å². The molecule has 2 fully saturated rings. The van der Waals surface area contributed by atoms with E-state index in [9.17, 15) is 4.79 Å². The third-order valence-corrected chi connectivity index (χ3v) is 6.02. The highest BCUT2D eigenvalue weighted by atomic mass is 127. The number of carbonyl (C=O) groups excluding carboxylic acids is 1. The molecule has 0 aromatic carbocycles. The first-order valence-electron chi connectivity index (χ1n) is 10.1. The molecule has 7 nitrogen and oxygen atoms in total. The number of likely N-dealkylation sites (N-methyl/N-ethyl adjacent to an activating group) is 1. The van der Waals surface area contributed by atoms with Crippen molar-refractivity contribution >= 4 is 47.2 Å². The van der Waals surface area contributed by atoms with Crippen LogP contribution in [0.25, 0.3) is 0 Å². The Bertz CT molecular complexity index is 628. The van der Waals surface area contributed by atoms with Gasteiger partial charge in [0.2, 0.25) is 5.91 Å². The number of nitrogens with one attached hydrogen (secondary N) is 1. The third kappa shape index (κ3) is 8.03. The maximum absolute atomic E-state index is 12.0. The van der Waals surface area contributed by atoms with Crippen LogP contribution in [0.3, 0.4) is 0 Å². The number of ether oxygens (including phenoxy) is 2. The Morgan fingerprint density at radius 1 is 1.38 bits per heavy atom. The SMILES string of the molecule is CN(C)C(=O)CN=C(NCc1cccs1)N1CCC(OCC2CCCO2)CC1.I. The number of hydrogen-bond acceptors (Lipinski definition) is 5. The second-order valence-electron chi connectivity index (χ2n) is 7.52. The second-order valence-corrected chi connectivity index (χ2v) is 8.55. The van der Waals surface area contributed by atoms with E-state index in [0.717, 1.165) is 57.9 Å². The van der Waals surface area contributed by atoms with E-state index in [0.29, 0.717) is 6.61 Å². The van der Waals surface area contributed by atoms with Gasteiger partial charge in [-0.05, 0) is 37.1 Å². The Kier molecular flexibility index (Phi) is 10.7. The fourth-order valence-corrected chi connectivity index (χ4v) is 4.03. The number of aliphatic imine (C=N–C) groups is 1. The van der Waals surface area contributed by atoms with Crippen molar-refractivity contribution in [1.82, 2.24) is 15.1 Å². The van der Waals surface area contributed by atoms with Crippen molar-refractivity contribution in [2.45, 2.75) is 44.4 Å². The number of thiophene rings is 1. The van der Waals surface area contributed by atoms with Crippen LogP contribution in [0.4, 0.5) is 0 Å². The number of likely N-dealkylation sites (tertiary alicyclic amines) is 1. The third-order valence-electron chi connectivity index (χ3n) is 5.15. The molecule has 0 spiro atoms. The standard InChI is InChI=1S/C20H32N4O3S.HI/c1-23(2)19(25)14-22-20(21-13-18-6-4-12-28-18)24-9-7-16(8-10-24)27-15-17-5-3-11-26-17;/h4,6,12,16-17H,3,5,7-11,13-15H2,1-2H3,(H,21,22);1H. The van der Waals surface area contributed by atoms with Gasteiger partial charge in [0.1, 0.15) is 6.54 Å². The van der Waals surface area contributed by atoms with Crippen molar-refractivity contribution in [2.24, 2.45) is 4.99 Å². The van der Waals surface area contributed by atoms with E-state index in [1.165, 1.54) is 4.88 Å². The molecular weight excluding hydrogens is 503 g/mol. The summed E-state index contributed by atoms with van der Waals surface area (Å²) in [5, 5.41) is 5.50.